The summed E-state index contributed by atoms with van der Waals surface area (Å²) in [5, 5.41) is 3.22. The molecular weight excluding hydrogens is 476 g/mol. The first-order chi connectivity index (χ1) is 16.1. The molecule has 0 aromatic heterocycles. The maximum Gasteiger partial charge on any atom is 0.264 e. The summed E-state index contributed by atoms with van der Waals surface area (Å²) >= 11 is 6.12. The maximum absolute atomic E-state index is 13.5. The first-order valence-electron chi connectivity index (χ1n) is 10.5. The number of carbonyl (C=O) groups excluding carboxylic acids is 1. The Hall–Kier alpha value is -3.23. The predicted molar refractivity (Wildman–Crippen MR) is 133 cm³/mol. The van der Waals surface area contributed by atoms with Crippen LogP contribution in [0.15, 0.2) is 71.6 Å². The number of ether oxygens (including phenoxy) is 2. The van der Waals surface area contributed by atoms with Crippen LogP contribution in [0.5, 0.6) is 11.5 Å². The molecule has 0 aliphatic rings. The highest BCUT2D eigenvalue weighted by Crippen LogP contribution is 2.30. The molecule has 1 N–H and O–H groups in total. The summed E-state index contributed by atoms with van der Waals surface area (Å²) in [6.07, 6.45) is 0. The number of anilines is 1. The van der Waals surface area contributed by atoms with Gasteiger partial charge in [-0.05, 0) is 61.9 Å². The molecule has 3 aromatic rings. The predicted octanol–water partition coefficient (Wildman–Crippen LogP) is 4.74. The second-order valence-corrected chi connectivity index (χ2v) is 10.0. The molecule has 3 rings (SSSR count). The van der Waals surface area contributed by atoms with Crippen molar-refractivity contribution in [2.75, 3.05) is 25.1 Å². The third-order valence-electron chi connectivity index (χ3n) is 5.28. The second kappa shape index (κ2) is 10.8. The van der Waals surface area contributed by atoms with Gasteiger partial charge in [-0.3, -0.25) is 9.10 Å². The van der Waals surface area contributed by atoms with E-state index in [1.165, 1.54) is 25.3 Å². The highest BCUT2D eigenvalue weighted by atomic mass is 35.5. The van der Waals surface area contributed by atoms with E-state index in [4.69, 9.17) is 21.1 Å². The van der Waals surface area contributed by atoms with E-state index in [2.05, 4.69) is 5.32 Å². The van der Waals surface area contributed by atoms with E-state index >= 15 is 0 Å². The van der Waals surface area contributed by atoms with Gasteiger partial charge < -0.3 is 14.8 Å². The van der Waals surface area contributed by atoms with E-state index in [-0.39, 0.29) is 4.90 Å². The van der Waals surface area contributed by atoms with Crippen molar-refractivity contribution < 1.29 is 22.7 Å². The maximum atomic E-state index is 13.5. The van der Waals surface area contributed by atoms with Crippen LogP contribution in [0, 0.1) is 6.92 Å². The van der Waals surface area contributed by atoms with Crippen molar-refractivity contribution >= 4 is 33.2 Å². The quantitative estimate of drug-likeness (QED) is 0.457. The number of hydrogen-bond donors (Lipinski definition) is 1. The monoisotopic (exact) mass is 502 g/mol. The van der Waals surface area contributed by atoms with E-state index in [0.29, 0.717) is 22.2 Å². The zero-order chi connectivity index (χ0) is 24.9. The molecule has 1 atom stereocenters. The Labute approximate surface area is 205 Å². The van der Waals surface area contributed by atoms with Crippen LogP contribution >= 0.6 is 11.6 Å². The first kappa shape index (κ1) is 25.4. The van der Waals surface area contributed by atoms with Crippen molar-refractivity contribution in [3.8, 4) is 11.5 Å². The van der Waals surface area contributed by atoms with E-state index in [0.717, 1.165) is 15.4 Å². The minimum Gasteiger partial charge on any atom is -0.493 e. The fourth-order valence-corrected chi connectivity index (χ4v) is 5.00. The Morgan fingerprint density at radius 3 is 2.29 bits per heavy atom. The van der Waals surface area contributed by atoms with Gasteiger partial charge in [0.05, 0.1) is 30.8 Å². The molecule has 0 heterocycles. The Balaban J connectivity index is 1.88. The topological polar surface area (TPSA) is 84.9 Å². The van der Waals surface area contributed by atoms with Crippen LogP contribution in [0.2, 0.25) is 5.02 Å². The van der Waals surface area contributed by atoms with Gasteiger partial charge in [0.25, 0.3) is 10.0 Å². The molecule has 0 unspecified atom stereocenters. The van der Waals surface area contributed by atoms with E-state index in [1.54, 1.807) is 56.5 Å². The first-order valence-corrected chi connectivity index (χ1v) is 12.3. The van der Waals surface area contributed by atoms with Gasteiger partial charge in [-0.2, -0.15) is 0 Å². The molecule has 0 aliphatic carbocycles. The molecule has 7 nitrogen and oxygen atoms in total. The Bertz CT molecular complexity index is 1260. The third-order valence-corrected chi connectivity index (χ3v) is 7.30. The number of amides is 1. The average Bonchev–Trinajstić information content (AvgIpc) is 2.82. The van der Waals surface area contributed by atoms with Gasteiger partial charge in [0.2, 0.25) is 5.91 Å². The highest BCUT2D eigenvalue weighted by Gasteiger charge is 2.28. The Morgan fingerprint density at radius 1 is 1.00 bits per heavy atom. The largest absolute Gasteiger partial charge is 0.493 e. The van der Waals surface area contributed by atoms with Crippen molar-refractivity contribution in [1.82, 2.24) is 5.32 Å². The van der Waals surface area contributed by atoms with Gasteiger partial charge in [0.1, 0.15) is 6.54 Å². The molecule has 0 aliphatic heterocycles. The van der Waals surface area contributed by atoms with Gasteiger partial charge in [0, 0.05) is 5.02 Å². The third kappa shape index (κ3) is 5.81. The highest BCUT2D eigenvalue weighted by molar-refractivity contribution is 7.92. The number of benzene rings is 3. The van der Waals surface area contributed by atoms with Crippen molar-refractivity contribution in [2.24, 2.45) is 0 Å². The molecule has 0 fully saturated rings. The number of methoxy groups -OCH3 is 2. The van der Waals surface area contributed by atoms with Gasteiger partial charge in [-0.15, -0.1) is 0 Å². The van der Waals surface area contributed by atoms with Gasteiger partial charge in [-0.25, -0.2) is 8.42 Å². The summed E-state index contributed by atoms with van der Waals surface area (Å²) < 4.78 is 38.6. The molecule has 34 heavy (non-hydrogen) atoms. The van der Waals surface area contributed by atoms with E-state index in [9.17, 15) is 13.2 Å². The molecule has 180 valence electrons. The van der Waals surface area contributed by atoms with Crippen molar-refractivity contribution in [3.63, 3.8) is 0 Å². The fourth-order valence-electron chi connectivity index (χ4n) is 3.41. The zero-order valence-corrected chi connectivity index (χ0v) is 21.0. The molecule has 0 saturated carbocycles. The molecule has 1 amide bonds. The average molecular weight is 503 g/mol. The molecule has 0 bridgehead atoms. The van der Waals surface area contributed by atoms with Crippen LogP contribution in [0.4, 0.5) is 5.69 Å². The molecule has 0 spiro atoms. The smallest absolute Gasteiger partial charge is 0.264 e. The molecule has 0 radical (unpaired) electrons. The number of halogens is 1. The molecule has 0 saturated heterocycles. The number of nitrogens with zero attached hydrogens (tertiary/aromatic N) is 1. The number of hydrogen-bond acceptors (Lipinski definition) is 5. The van der Waals surface area contributed by atoms with Gasteiger partial charge >= 0.3 is 0 Å². The summed E-state index contributed by atoms with van der Waals surface area (Å²) in [4.78, 5) is 13.1. The van der Waals surface area contributed by atoms with Crippen LogP contribution in [-0.4, -0.2) is 35.1 Å². The summed E-state index contributed by atoms with van der Waals surface area (Å²) in [7, 11) is -0.951. The van der Waals surface area contributed by atoms with Gasteiger partial charge in [0.15, 0.2) is 11.5 Å². The van der Waals surface area contributed by atoms with E-state index < -0.39 is 28.5 Å². The van der Waals surface area contributed by atoms with Crippen LogP contribution in [0.1, 0.15) is 24.1 Å². The van der Waals surface area contributed by atoms with Crippen molar-refractivity contribution in [1.29, 1.82) is 0 Å². The number of nitrogens with one attached hydrogen (secondary N) is 1. The Kier molecular flexibility index (Phi) is 8.06. The minimum absolute atomic E-state index is 0.0822. The number of aryl methyl sites for hydroxylation is 1. The van der Waals surface area contributed by atoms with Crippen LogP contribution in [-0.2, 0) is 14.8 Å². The Morgan fingerprint density at radius 2 is 1.68 bits per heavy atom. The van der Waals surface area contributed by atoms with Crippen LogP contribution < -0.4 is 19.1 Å². The number of sulfonamides is 1. The summed E-state index contributed by atoms with van der Waals surface area (Å²) in [6, 6.07) is 17.8. The molecule has 9 heteroatoms. The van der Waals surface area contributed by atoms with Crippen molar-refractivity contribution in [3.05, 3.63) is 82.9 Å². The lowest BCUT2D eigenvalue weighted by Gasteiger charge is -2.25. The molecule has 3 aromatic carbocycles. The van der Waals surface area contributed by atoms with Crippen LogP contribution in [0.3, 0.4) is 0 Å². The number of rotatable bonds is 9. The van der Waals surface area contributed by atoms with Crippen molar-refractivity contribution in [2.45, 2.75) is 24.8 Å². The van der Waals surface area contributed by atoms with Gasteiger partial charge in [-0.1, -0.05) is 41.4 Å². The summed E-state index contributed by atoms with van der Waals surface area (Å²) in [5.74, 6) is 0.627. The lowest BCUT2D eigenvalue weighted by atomic mass is 10.1. The standard InChI is InChI=1S/C25H27ClN2O5S/c1-17-8-11-22(12-9-17)34(30,31)28(21-7-5-6-20(26)15-21)16-25(29)27-18(2)19-10-13-23(32-3)24(14-19)33-4/h5-15,18H,16H2,1-4H3,(H,27,29)/t18-/m1/s1. The SMILES string of the molecule is COc1ccc([C@@H](C)NC(=O)CN(c2cccc(Cl)c2)S(=O)(=O)c2ccc(C)cc2)cc1OC. The second-order valence-electron chi connectivity index (χ2n) is 7.71. The lowest BCUT2D eigenvalue weighted by Crippen LogP contribution is -2.41. The zero-order valence-electron chi connectivity index (χ0n) is 19.4. The fraction of sp³-hybridized carbons (Fsp3) is 0.240. The lowest BCUT2D eigenvalue weighted by molar-refractivity contribution is -0.120. The van der Waals surface area contributed by atoms with Crippen LogP contribution in [0.25, 0.3) is 0 Å². The normalized spacial score (nSPS) is 12.0. The summed E-state index contributed by atoms with van der Waals surface area (Å²) in [6.45, 7) is 3.25. The minimum atomic E-state index is -4.03. The summed E-state index contributed by atoms with van der Waals surface area (Å²) in [5.41, 5.74) is 2.00. The molecular formula is C25H27ClN2O5S. The number of carbonyl (C=O) groups is 1. The van der Waals surface area contributed by atoms with E-state index in [1.807, 2.05) is 13.0 Å².